The van der Waals surface area contributed by atoms with Crippen molar-refractivity contribution < 1.29 is 4.42 Å². The van der Waals surface area contributed by atoms with E-state index >= 15 is 0 Å². The van der Waals surface area contributed by atoms with Gasteiger partial charge in [0.15, 0.2) is 0 Å². The summed E-state index contributed by atoms with van der Waals surface area (Å²) < 4.78 is 5.10. The van der Waals surface area contributed by atoms with Gasteiger partial charge in [-0.05, 0) is 23.6 Å². The highest BCUT2D eigenvalue weighted by molar-refractivity contribution is 5.76. The van der Waals surface area contributed by atoms with E-state index in [1.54, 1.807) is 6.07 Å². The Morgan fingerprint density at radius 1 is 1.14 bits per heavy atom. The summed E-state index contributed by atoms with van der Waals surface area (Å²) in [5, 5.41) is 0.967. The minimum Gasteiger partial charge on any atom is -0.423 e. The number of hydrogen-bond donors (Lipinski definition) is 0. The summed E-state index contributed by atoms with van der Waals surface area (Å²) >= 11 is 0. The van der Waals surface area contributed by atoms with Gasteiger partial charge in [-0.2, -0.15) is 0 Å². The minimum atomic E-state index is -0.293. The van der Waals surface area contributed by atoms with E-state index in [0.717, 1.165) is 5.39 Å². The van der Waals surface area contributed by atoms with E-state index in [9.17, 15) is 4.79 Å². The second kappa shape index (κ2) is 3.29. The van der Waals surface area contributed by atoms with Gasteiger partial charge in [0.1, 0.15) is 5.58 Å². The Kier molecular flexibility index (Phi) is 2.12. The third-order valence-electron chi connectivity index (χ3n) is 2.31. The molecule has 2 rings (SSSR count). The molecule has 0 spiro atoms. The molecule has 1 heterocycles. The lowest BCUT2D eigenvalue weighted by Crippen LogP contribution is -1.95. The summed E-state index contributed by atoms with van der Waals surface area (Å²) in [5.74, 6) is 0.449. The van der Waals surface area contributed by atoms with Crippen molar-refractivity contribution in [1.82, 2.24) is 0 Å². The van der Waals surface area contributed by atoms with Crippen LogP contribution in [-0.4, -0.2) is 0 Å². The Hall–Kier alpha value is -1.57. The van der Waals surface area contributed by atoms with Crippen LogP contribution in [0.15, 0.2) is 39.5 Å². The van der Waals surface area contributed by atoms with Crippen molar-refractivity contribution in [1.29, 1.82) is 0 Å². The molecule has 0 saturated heterocycles. The second-order valence-corrected chi connectivity index (χ2v) is 3.71. The minimum absolute atomic E-state index is 0.293. The van der Waals surface area contributed by atoms with Crippen LogP contribution in [0.3, 0.4) is 0 Å². The topological polar surface area (TPSA) is 30.2 Å². The Balaban J connectivity index is 2.69. The monoisotopic (exact) mass is 188 g/mol. The molecule has 0 unspecified atom stereocenters. The highest BCUT2D eigenvalue weighted by atomic mass is 16.4. The first-order valence-corrected chi connectivity index (χ1v) is 4.70. The maximum atomic E-state index is 11.0. The SMILES string of the molecule is CC(C)c1ccc2ccc(=O)oc2c1. The number of rotatable bonds is 1. The van der Waals surface area contributed by atoms with Gasteiger partial charge in [-0.25, -0.2) is 4.79 Å². The molecular formula is C12H12O2. The summed E-state index contributed by atoms with van der Waals surface area (Å²) in [6, 6.07) is 9.20. The fraction of sp³-hybridized carbons (Fsp3) is 0.250. The largest absolute Gasteiger partial charge is 0.423 e. The molecule has 72 valence electrons. The third-order valence-corrected chi connectivity index (χ3v) is 2.31. The van der Waals surface area contributed by atoms with Crippen molar-refractivity contribution in [3.8, 4) is 0 Å². The van der Waals surface area contributed by atoms with Gasteiger partial charge in [0.25, 0.3) is 0 Å². The predicted octanol–water partition coefficient (Wildman–Crippen LogP) is 2.92. The lowest BCUT2D eigenvalue weighted by molar-refractivity contribution is 0.560. The third kappa shape index (κ3) is 1.55. The zero-order chi connectivity index (χ0) is 10.1. The Bertz CT molecular complexity index is 509. The molecule has 0 bridgehead atoms. The maximum absolute atomic E-state index is 11.0. The van der Waals surface area contributed by atoms with Crippen LogP contribution < -0.4 is 5.63 Å². The van der Waals surface area contributed by atoms with E-state index in [1.807, 2.05) is 12.1 Å². The van der Waals surface area contributed by atoms with Crippen molar-refractivity contribution >= 4 is 11.0 Å². The summed E-state index contributed by atoms with van der Waals surface area (Å²) in [5.41, 5.74) is 1.56. The van der Waals surface area contributed by atoms with Gasteiger partial charge < -0.3 is 4.42 Å². The summed E-state index contributed by atoms with van der Waals surface area (Å²) in [4.78, 5) is 11.0. The standard InChI is InChI=1S/C12H12O2/c1-8(2)10-4-3-9-5-6-12(13)14-11(9)7-10/h3-8H,1-2H3. The molecule has 0 atom stereocenters. The average molecular weight is 188 g/mol. The van der Waals surface area contributed by atoms with Crippen molar-refractivity contribution in [2.24, 2.45) is 0 Å². The van der Waals surface area contributed by atoms with Gasteiger partial charge >= 0.3 is 5.63 Å². The Morgan fingerprint density at radius 2 is 1.86 bits per heavy atom. The second-order valence-electron chi connectivity index (χ2n) is 3.71. The van der Waals surface area contributed by atoms with Gasteiger partial charge in [0.05, 0.1) is 0 Å². The molecule has 2 aromatic rings. The molecule has 14 heavy (non-hydrogen) atoms. The molecule has 0 fully saturated rings. The zero-order valence-electron chi connectivity index (χ0n) is 8.28. The van der Waals surface area contributed by atoms with E-state index in [0.29, 0.717) is 11.5 Å². The zero-order valence-corrected chi connectivity index (χ0v) is 8.28. The van der Waals surface area contributed by atoms with Crippen LogP contribution in [-0.2, 0) is 0 Å². The number of benzene rings is 1. The van der Waals surface area contributed by atoms with Crippen molar-refractivity contribution in [3.63, 3.8) is 0 Å². The van der Waals surface area contributed by atoms with Gasteiger partial charge in [-0.15, -0.1) is 0 Å². The van der Waals surface area contributed by atoms with E-state index in [-0.39, 0.29) is 5.63 Å². The lowest BCUT2D eigenvalue weighted by atomic mass is 10.0. The molecule has 0 aliphatic carbocycles. The highest BCUT2D eigenvalue weighted by Gasteiger charge is 2.02. The van der Waals surface area contributed by atoms with Crippen LogP contribution in [0.25, 0.3) is 11.0 Å². The van der Waals surface area contributed by atoms with Gasteiger partial charge in [-0.1, -0.05) is 26.0 Å². The molecule has 2 heteroatoms. The first-order chi connectivity index (χ1) is 6.66. The molecular weight excluding hydrogens is 176 g/mol. The number of fused-ring (bicyclic) bond motifs is 1. The number of hydrogen-bond acceptors (Lipinski definition) is 2. The Labute approximate surface area is 82.2 Å². The normalized spacial score (nSPS) is 11.1. The molecule has 1 aromatic carbocycles. The van der Waals surface area contributed by atoms with E-state index < -0.39 is 0 Å². The van der Waals surface area contributed by atoms with Crippen LogP contribution in [0.5, 0.6) is 0 Å². The van der Waals surface area contributed by atoms with Crippen LogP contribution in [0.1, 0.15) is 25.3 Å². The summed E-state index contributed by atoms with van der Waals surface area (Å²) in [7, 11) is 0. The fourth-order valence-electron chi connectivity index (χ4n) is 1.44. The molecule has 0 aliphatic rings. The van der Waals surface area contributed by atoms with E-state index in [4.69, 9.17) is 4.42 Å². The smallest absolute Gasteiger partial charge is 0.336 e. The van der Waals surface area contributed by atoms with Crippen LogP contribution in [0.2, 0.25) is 0 Å². The molecule has 0 radical (unpaired) electrons. The average Bonchev–Trinajstić information content (AvgIpc) is 2.16. The summed E-state index contributed by atoms with van der Waals surface area (Å²) in [6.07, 6.45) is 0. The molecule has 0 saturated carbocycles. The lowest BCUT2D eigenvalue weighted by Gasteiger charge is -2.05. The van der Waals surface area contributed by atoms with Crippen LogP contribution in [0.4, 0.5) is 0 Å². The first-order valence-electron chi connectivity index (χ1n) is 4.70. The van der Waals surface area contributed by atoms with Gasteiger partial charge in [0, 0.05) is 11.5 Å². The fourth-order valence-corrected chi connectivity index (χ4v) is 1.44. The van der Waals surface area contributed by atoms with E-state index in [1.165, 1.54) is 11.6 Å². The van der Waals surface area contributed by atoms with E-state index in [2.05, 4.69) is 19.9 Å². The maximum Gasteiger partial charge on any atom is 0.336 e. The molecule has 0 amide bonds. The molecule has 1 aromatic heterocycles. The summed E-state index contributed by atoms with van der Waals surface area (Å²) in [6.45, 7) is 4.23. The van der Waals surface area contributed by atoms with Gasteiger partial charge in [-0.3, -0.25) is 0 Å². The predicted molar refractivity (Wildman–Crippen MR) is 56.6 cm³/mol. The quantitative estimate of drug-likeness (QED) is 0.644. The van der Waals surface area contributed by atoms with Crippen molar-refractivity contribution in [2.75, 3.05) is 0 Å². The Morgan fingerprint density at radius 3 is 2.57 bits per heavy atom. The van der Waals surface area contributed by atoms with Crippen molar-refractivity contribution in [2.45, 2.75) is 19.8 Å². The molecule has 2 nitrogen and oxygen atoms in total. The molecule has 0 N–H and O–H groups in total. The van der Waals surface area contributed by atoms with Crippen LogP contribution >= 0.6 is 0 Å². The molecule has 0 aliphatic heterocycles. The van der Waals surface area contributed by atoms with Crippen LogP contribution in [0, 0.1) is 0 Å². The van der Waals surface area contributed by atoms with Crippen molar-refractivity contribution in [3.05, 3.63) is 46.3 Å². The van der Waals surface area contributed by atoms with Gasteiger partial charge in [0.2, 0.25) is 0 Å². The first kappa shape index (κ1) is 9.00. The highest BCUT2D eigenvalue weighted by Crippen LogP contribution is 2.19.